The van der Waals surface area contributed by atoms with E-state index in [1.54, 1.807) is 0 Å². The average molecular weight is 326 g/mol. The van der Waals surface area contributed by atoms with E-state index in [9.17, 15) is 0 Å². The van der Waals surface area contributed by atoms with Crippen LogP contribution in [0.4, 0.5) is 0 Å². The van der Waals surface area contributed by atoms with E-state index in [-0.39, 0.29) is 0 Å². The molecule has 2 fully saturated rings. The van der Waals surface area contributed by atoms with E-state index >= 15 is 0 Å². The van der Waals surface area contributed by atoms with E-state index < -0.39 is 0 Å². The molecule has 18 heavy (non-hydrogen) atoms. The number of benzene rings is 1. The van der Waals surface area contributed by atoms with Crippen LogP contribution in [-0.4, -0.2) is 18.3 Å². The molecule has 2 saturated carbocycles. The zero-order valence-electron chi connectivity index (χ0n) is 10.6. The van der Waals surface area contributed by atoms with Crippen LogP contribution in [-0.2, 0) is 0 Å². The maximum Gasteiger partial charge on any atom is 0.0176 e. The standard InChI is InChI=1S/C15H20BrNS/c16-13-5-7-14(8-6-13)18-10-9-17-15(11-1-2-11)12-3-4-12/h5-8,11-12,15,17H,1-4,9-10H2. The zero-order valence-corrected chi connectivity index (χ0v) is 13.0. The Bertz CT molecular complexity index is 372. The molecule has 3 heteroatoms. The van der Waals surface area contributed by atoms with Gasteiger partial charge in [0.05, 0.1) is 0 Å². The number of halogens is 1. The van der Waals surface area contributed by atoms with E-state index in [2.05, 4.69) is 45.5 Å². The molecule has 0 aromatic heterocycles. The van der Waals surface area contributed by atoms with Crippen LogP contribution in [0.1, 0.15) is 25.7 Å². The minimum atomic E-state index is 0.843. The Morgan fingerprint density at radius 3 is 2.28 bits per heavy atom. The summed E-state index contributed by atoms with van der Waals surface area (Å²) in [6.07, 6.45) is 5.87. The van der Waals surface area contributed by atoms with Crippen molar-refractivity contribution in [2.75, 3.05) is 12.3 Å². The molecule has 0 amide bonds. The smallest absolute Gasteiger partial charge is 0.0176 e. The van der Waals surface area contributed by atoms with Gasteiger partial charge in [-0.25, -0.2) is 0 Å². The van der Waals surface area contributed by atoms with Gasteiger partial charge in [-0.05, 0) is 61.8 Å². The van der Waals surface area contributed by atoms with Crippen LogP contribution in [0.25, 0.3) is 0 Å². The number of hydrogen-bond donors (Lipinski definition) is 1. The van der Waals surface area contributed by atoms with Crippen molar-refractivity contribution < 1.29 is 0 Å². The molecule has 0 unspecified atom stereocenters. The molecule has 0 radical (unpaired) electrons. The summed E-state index contributed by atoms with van der Waals surface area (Å²) >= 11 is 5.42. The number of rotatable bonds is 7. The summed E-state index contributed by atoms with van der Waals surface area (Å²) in [7, 11) is 0. The molecule has 3 rings (SSSR count). The highest BCUT2D eigenvalue weighted by atomic mass is 79.9. The topological polar surface area (TPSA) is 12.0 Å². The molecule has 98 valence electrons. The molecule has 1 N–H and O–H groups in total. The number of nitrogens with one attached hydrogen (secondary N) is 1. The predicted molar refractivity (Wildman–Crippen MR) is 82.1 cm³/mol. The van der Waals surface area contributed by atoms with Gasteiger partial charge in [-0.3, -0.25) is 0 Å². The van der Waals surface area contributed by atoms with Crippen molar-refractivity contribution in [3.63, 3.8) is 0 Å². The first kappa shape index (κ1) is 13.0. The van der Waals surface area contributed by atoms with Gasteiger partial charge in [0.15, 0.2) is 0 Å². The molecule has 0 aliphatic heterocycles. The van der Waals surface area contributed by atoms with Crippen LogP contribution in [0.5, 0.6) is 0 Å². The lowest BCUT2D eigenvalue weighted by molar-refractivity contribution is 0.429. The van der Waals surface area contributed by atoms with E-state index in [1.807, 2.05) is 11.8 Å². The summed E-state index contributed by atoms with van der Waals surface area (Å²) in [6.45, 7) is 1.15. The molecule has 1 aromatic rings. The van der Waals surface area contributed by atoms with Gasteiger partial charge in [0.25, 0.3) is 0 Å². The minimum Gasteiger partial charge on any atom is -0.313 e. The van der Waals surface area contributed by atoms with Crippen LogP contribution in [0.15, 0.2) is 33.6 Å². The average Bonchev–Trinajstić information content (AvgIpc) is 3.25. The fourth-order valence-electron chi connectivity index (χ4n) is 2.55. The van der Waals surface area contributed by atoms with Gasteiger partial charge in [0.2, 0.25) is 0 Å². The maximum atomic E-state index is 3.80. The molecule has 0 spiro atoms. The molecule has 2 aliphatic rings. The monoisotopic (exact) mass is 325 g/mol. The second-order valence-electron chi connectivity index (χ2n) is 5.46. The Morgan fingerprint density at radius 2 is 1.72 bits per heavy atom. The summed E-state index contributed by atoms with van der Waals surface area (Å²) in [4.78, 5) is 1.37. The first-order valence-electron chi connectivity index (χ1n) is 6.95. The van der Waals surface area contributed by atoms with Crippen molar-refractivity contribution in [2.24, 2.45) is 11.8 Å². The van der Waals surface area contributed by atoms with Crippen LogP contribution in [0.3, 0.4) is 0 Å². The van der Waals surface area contributed by atoms with E-state index in [1.165, 1.54) is 36.3 Å². The van der Waals surface area contributed by atoms with Gasteiger partial charge >= 0.3 is 0 Å². The maximum absolute atomic E-state index is 3.80. The second-order valence-corrected chi connectivity index (χ2v) is 7.54. The van der Waals surface area contributed by atoms with Crippen LogP contribution in [0.2, 0.25) is 0 Å². The van der Waals surface area contributed by atoms with Gasteiger partial charge in [-0.1, -0.05) is 15.9 Å². The lowest BCUT2D eigenvalue weighted by Gasteiger charge is -2.17. The summed E-state index contributed by atoms with van der Waals surface area (Å²) in [5.41, 5.74) is 0. The summed E-state index contributed by atoms with van der Waals surface area (Å²) in [6, 6.07) is 9.46. The van der Waals surface area contributed by atoms with Gasteiger partial charge in [-0.2, -0.15) is 0 Å². The molecule has 0 bridgehead atoms. The Morgan fingerprint density at radius 1 is 1.11 bits per heavy atom. The lowest BCUT2D eigenvalue weighted by atomic mass is 10.1. The summed E-state index contributed by atoms with van der Waals surface area (Å²) < 4.78 is 1.16. The van der Waals surface area contributed by atoms with Crippen molar-refractivity contribution in [3.8, 4) is 0 Å². The van der Waals surface area contributed by atoms with Gasteiger partial charge in [-0.15, -0.1) is 11.8 Å². The van der Waals surface area contributed by atoms with Gasteiger partial charge in [0, 0.05) is 27.7 Å². The quantitative estimate of drug-likeness (QED) is 0.592. The van der Waals surface area contributed by atoms with Crippen molar-refractivity contribution in [1.29, 1.82) is 0 Å². The fourth-order valence-corrected chi connectivity index (χ4v) is 3.60. The molecule has 1 nitrogen and oxygen atoms in total. The van der Waals surface area contributed by atoms with E-state index in [0.29, 0.717) is 0 Å². The van der Waals surface area contributed by atoms with Crippen LogP contribution in [0, 0.1) is 11.8 Å². The van der Waals surface area contributed by atoms with E-state index in [4.69, 9.17) is 0 Å². The van der Waals surface area contributed by atoms with Gasteiger partial charge < -0.3 is 5.32 Å². The molecule has 1 aromatic carbocycles. The Balaban J connectivity index is 1.37. The predicted octanol–water partition coefficient (Wildman–Crippen LogP) is 4.32. The third-order valence-electron chi connectivity index (χ3n) is 3.82. The third-order valence-corrected chi connectivity index (χ3v) is 5.37. The molecule has 0 heterocycles. The largest absolute Gasteiger partial charge is 0.313 e. The van der Waals surface area contributed by atoms with Crippen LogP contribution >= 0.6 is 27.7 Å². The number of thioether (sulfide) groups is 1. The molecule has 0 saturated heterocycles. The van der Waals surface area contributed by atoms with Crippen molar-refractivity contribution in [1.82, 2.24) is 5.32 Å². The minimum absolute atomic E-state index is 0.843. The van der Waals surface area contributed by atoms with Crippen molar-refractivity contribution >= 4 is 27.7 Å². The molecular formula is C15H20BrNS. The normalized spacial score (nSPS) is 19.4. The Hall–Kier alpha value is 0.01000. The SMILES string of the molecule is Brc1ccc(SCCNC(C2CC2)C2CC2)cc1. The zero-order chi connectivity index (χ0) is 12.4. The van der Waals surface area contributed by atoms with Crippen molar-refractivity contribution in [2.45, 2.75) is 36.6 Å². The molecule has 0 atom stereocenters. The fraction of sp³-hybridized carbons (Fsp3) is 0.600. The first-order chi connectivity index (χ1) is 8.83. The summed E-state index contributed by atoms with van der Waals surface area (Å²) in [5, 5.41) is 3.80. The Kier molecular flexibility index (Phi) is 4.32. The van der Waals surface area contributed by atoms with Crippen LogP contribution < -0.4 is 5.32 Å². The third kappa shape index (κ3) is 3.75. The Labute approximate surface area is 122 Å². The van der Waals surface area contributed by atoms with Gasteiger partial charge in [0.1, 0.15) is 0 Å². The highest BCUT2D eigenvalue weighted by Gasteiger charge is 2.40. The van der Waals surface area contributed by atoms with E-state index in [0.717, 1.165) is 28.9 Å². The highest BCUT2D eigenvalue weighted by Crippen LogP contribution is 2.44. The highest BCUT2D eigenvalue weighted by molar-refractivity contribution is 9.10. The first-order valence-corrected chi connectivity index (χ1v) is 8.72. The lowest BCUT2D eigenvalue weighted by Crippen LogP contribution is -2.34. The summed E-state index contributed by atoms with van der Waals surface area (Å²) in [5.74, 6) is 3.20. The second kappa shape index (κ2) is 5.98. The molecular weight excluding hydrogens is 306 g/mol. The van der Waals surface area contributed by atoms with Crippen molar-refractivity contribution in [3.05, 3.63) is 28.7 Å². The number of hydrogen-bond acceptors (Lipinski definition) is 2. The molecule has 2 aliphatic carbocycles.